The summed E-state index contributed by atoms with van der Waals surface area (Å²) in [5, 5.41) is 13.9. The third-order valence-corrected chi connectivity index (χ3v) is 2.92. The monoisotopic (exact) mass is 256 g/mol. The van der Waals surface area contributed by atoms with Crippen molar-refractivity contribution in [1.82, 2.24) is 19.5 Å². The Balaban J connectivity index is 2.43. The standard InChI is InChI=1S/C8H12N6O2S/c1-2-3-12-7(14(15)16)4-10-8(12)6-5-17-11-13(6)9/h4-5,11H,2-3,9H2,1H3. The molecule has 0 atom stereocenters. The van der Waals surface area contributed by atoms with E-state index < -0.39 is 4.92 Å². The molecule has 0 radical (unpaired) electrons. The van der Waals surface area contributed by atoms with Gasteiger partial charge in [0.1, 0.15) is 11.9 Å². The molecular weight excluding hydrogens is 244 g/mol. The first kappa shape index (κ1) is 11.9. The van der Waals surface area contributed by atoms with Crippen LogP contribution in [0.5, 0.6) is 0 Å². The molecule has 3 N–H and O–H groups in total. The molecule has 0 bridgehead atoms. The Morgan fingerprint density at radius 1 is 1.71 bits per heavy atom. The maximum atomic E-state index is 10.9. The van der Waals surface area contributed by atoms with Crippen molar-refractivity contribution in [1.29, 1.82) is 0 Å². The summed E-state index contributed by atoms with van der Waals surface area (Å²) in [7, 11) is 0. The number of nitrogens with zero attached hydrogens (tertiary/aromatic N) is 4. The maximum Gasteiger partial charge on any atom is 0.343 e. The molecule has 0 saturated carbocycles. The van der Waals surface area contributed by atoms with Gasteiger partial charge in [0.2, 0.25) is 5.82 Å². The summed E-state index contributed by atoms with van der Waals surface area (Å²) in [5.74, 6) is 6.15. The summed E-state index contributed by atoms with van der Waals surface area (Å²) in [4.78, 5) is 17.3. The first-order chi connectivity index (χ1) is 8.15. The van der Waals surface area contributed by atoms with E-state index in [4.69, 9.17) is 5.84 Å². The summed E-state index contributed by atoms with van der Waals surface area (Å²) in [6.45, 7) is 2.48. The maximum absolute atomic E-state index is 10.9. The molecule has 1 aromatic rings. The van der Waals surface area contributed by atoms with Crippen LogP contribution < -0.4 is 10.7 Å². The predicted octanol–water partition coefficient (Wildman–Crippen LogP) is 0.842. The smallest absolute Gasteiger partial charge is 0.343 e. The van der Waals surface area contributed by atoms with E-state index in [-0.39, 0.29) is 5.82 Å². The molecule has 0 aromatic carbocycles. The van der Waals surface area contributed by atoms with Gasteiger partial charge in [-0.2, -0.15) is 4.83 Å². The van der Waals surface area contributed by atoms with Gasteiger partial charge >= 0.3 is 5.82 Å². The highest BCUT2D eigenvalue weighted by molar-refractivity contribution is 8.00. The van der Waals surface area contributed by atoms with Crippen molar-refractivity contribution < 1.29 is 4.92 Å². The number of hydrogen-bond acceptors (Lipinski definition) is 7. The molecule has 0 unspecified atom stereocenters. The number of nitrogens with one attached hydrogen (secondary N) is 1. The van der Waals surface area contributed by atoms with Crippen LogP contribution in [0.3, 0.4) is 0 Å². The molecule has 2 heterocycles. The van der Waals surface area contributed by atoms with Crippen molar-refractivity contribution in [2.75, 3.05) is 0 Å². The zero-order chi connectivity index (χ0) is 12.4. The Bertz CT molecular complexity index is 471. The van der Waals surface area contributed by atoms with Crippen LogP contribution in [0.15, 0.2) is 11.6 Å². The summed E-state index contributed by atoms with van der Waals surface area (Å²) >= 11 is 1.30. The lowest BCUT2D eigenvalue weighted by Gasteiger charge is -2.12. The molecule has 0 fully saturated rings. The van der Waals surface area contributed by atoms with Crippen LogP contribution in [0.4, 0.5) is 5.82 Å². The highest BCUT2D eigenvalue weighted by Gasteiger charge is 2.27. The SMILES string of the molecule is CCCn1c([N+](=O)[O-])cnc1C1=CSNN1N. The van der Waals surface area contributed by atoms with Crippen LogP contribution >= 0.6 is 11.9 Å². The van der Waals surface area contributed by atoms with Gasteiger partial charge in [-0.25, -0.2) is 20.5 Å². The van der Waals surface area contributed by atoms with Crippen molar-refractivity contribution >= 4 is 23.5 Å². The molecule has 8 nitrogen and oxygen atoms in total. The number of hydrazine groups is 2. The third kappa shape index (κ3) is 2.12. The van der Waals surface area contributed by atoms with E-state index in [1.807, 2.05) is 6.92 Å². The molecule has 9 heteroatoms. The minimum Gasteiger partial charge on any atom is -0.358 e. The van der Waals surface area contributed by atoms with Gasteiger partial charge < -0.3 is 10.1 Å². The van der Waals surface area contributed by atoms with Crippen molar-refractivity contribution in [2.45, 2.75) is 19.9 Å². The zero-order valence-electron chi connectivity index (χ0n) is 9.16. The minimum absolute atomic E-state index is 0.0203. The second-order valence-corrected chi connectivity index (χ2v) is 4.08. The van der Waals surface area contributed by atoms with Crippen LogP contribution in [0.25, 0.3) is 5.70 Å². The van der Waals surface area contributed by atoms with E-state index in [9.17, 15) is 10.1 Å². The van der Waals surface area contributed by atoms with E-state index >= 15 is 0 Å². The summed E-state index contributed by atoms with van der Waals surface area (Å²) < 4.78 is 1.55. The topological polar surface area (TPSA) is 102 Å². The number of nitro groups is 1. The van der Waals surface area contributed by atoms with E-state index in [0.717, 1.165) is 6.42 Å². The summed E-state index contributed by atoms with van der Waals surface area (Å²) in [6.07, 6.45) is 2.03. The van der Waals surface area contributed by atoms with Gasteiger partial charge in [-0.3, -0.25) is 0 Å². The Hall–Kier alpha value is -1.58. The minimum atomic E-state index is -0.441. The van der Waals surface area contributed by atoms with E-state index in [1.165, 1.54) is 23.3 Å². The third-order valence-electron chi connectivity index (χ3n) is 2.28. The quantitative estimate of drug-likeness (QED) is 0.356. The van der Waals surface area contributed by atoms with E-state index in [0.29, 0.717) is 18.1 Å². The average molecular weight is 256 g/mol. The number of imidazole rings is 1. The first-order valence-corrected chi connectivity index (χ1v) is 5.89. The fraction of sp³-hybridized carbons (Fsp3) is 0.375. The van der Waals surface area contributed by atoms with Crippen LogP contribution in [0, 0.1) is 10.1 Å². The van der Waals surface area contributed by atoms with Crippen molar-refractivity contribution in [3.05, 3.63) is 27.5 Å². The molecule has 0 spiro atoms. The van der Waals surface area contributed by atoms with Gasteiger partial charge in [0.05, 0.1) is 6.54 Å². The Labute approximate surface area is 102 Å². The largest absolute Gasteiger partial charge is 0.358 e. The van der Waals surface area contributed by atoms with Crippen molar-refractivity contribution in [2.24, 2.45) is 5.84 Å². The summed E-state index contributed by atoms with van der Waals surface area (Å²) in [5.41, 5.74) is 0.622. The van der Waals surface area contributed by atoms with Gasteiger partial charge in [0.25, 0.3) is 0 Å². The van der Waals surface area contributed by atoms with Crippen LogP contribution in [-0.2, 0) is 6.54 Å². The van der Waals surface area contributed by atoms with Crippen molar-refractivity contribution in [3.63, 3.8) is 0 Å². The van der Waals surface area contributed by atoms with Gasteiger partial charge in [0.15, 0.2) is 0 Å². The normalized spacial score (nSPS) is 15.2. The lowest BCUT2D eigenvalue weighted by atomic mass is 10.4. The Morgan fingerprint density at radius 3 is 3.00 bits per heavy atom. The second kappa shape index (κ2) is 4.73. The Kier molecular flexibility index (Phi) is 3.31. The lowest BCUT2D eigenvalue weighted by Crippen LogP contribution is -2.35. The predicted molar refractivity (Wildman–Crippen MR) is 63.9 cm³/mol. The molecule has 17 heavy (non-hydrogen) atoms. The number of aromatic nitrogens is 2. The van der Waals surface area contributed by atoms with E-state index in [2.05, 4.69) is 9.82 Å². The molecule has 2 rings (SSSR count). The first-order valence-electron chi connectivity index (χ1n) is 5.01. The highest BCUT2D eigenvalue weighted by atomic mass is 32.2. The highest BCUT2D eigenvalue weighted by Crippen LogP contribution is 2.26. The van der Waals surface area contributed by atoms with Gasteiger partial charge in [-0.05, 0) is 23.3 Å². The van der Waals surface area contributed by atoms with Gasteiger partial charge in [-0.15, -0.1) is 0 Å². The fourth-order valence-electron chi connectivity index (χ4n) is 1.57. The molecule has 0 aliphatic carbocycles. The molecule has 1 aliphatic rings. The second-order valence-electron chi connectivity index (χ2n) is 3.43. The van der Waals surface area contributed by atoms with Crippen LogP contribution in [0.1, 0.15) is 19.2 Å². The van der Waals surface area contributed by atoms with Crippen LogP contribution in [-0.4, -0.2) is 19.6 Å². The van der Waals surface area contributed by atoms with E-state index in [1.54, 1.807) is 9.98 Å². The molecule has 0 amide bonds. The lowest BCUT2D eigenvalue weighted by molar-refractivity contribution is -0.392. The molecular formula is C8H12N6O2S. The van der Waals surface area contributed by atoms with Crippen molar-refractivity contribution in [3.8, 4) is 0 Å². The zero-order valence-corrected chi connectivity index (χ0v) is 9.98. The number of rotatable bonds is 4. The van der Waals surface area contributed by atoms with Gasteiger partial charge in [0, 0.05) is 5.41 Å². The molecule has 0 saturated heterocycles. The number of hydrogen-bond donors (Lipinski definition) is 2. The van der Waals surface area contributed by atoms with Crippen LogP contribution in [0.2, 0.25) is 0 Å². The fourth-order valence-corrected chi connectivity index (χ4v) is 2.16. The summed E-state index contributed by atoms with van der Waals surface area (Å²) in [6, 6.07) is 0. The average Bonchev–Trinajstić information content (AvgIpc) is 2.85. The molecule has 92 valence electrons. The van der Waals surface area contributed by atoms with Gasteiger partial charge in [-0.1, -0.05) is 6.92 Å². The number of nitrogens with two attached hydrogens (primary N) is 1. The Morgan fingerprint density at radius 2 is 2.47 bits per heavy atom. The molecule has 1 aromatic heterocycles. The molecule has 1 aliphatic heterocycles.